The topological polar surface area (TPSA) is 68.0 Å². The molecule has 0 saturated carbocycles. The largest absolute Gasteiger partial charge is 0.346 e. The van der Waals surface area contributed by atoms with Crippen molar-refractivity contribution in [2.45, 2.75) is 19.4 Å². The van der Waals surface area contributed by atoms with Crippen molar-refractivity contribution >= 4 is 16.8 Å². The van der Waals surface area contributed by atoms with Crippen molar-refractivity contribution in [2.24, 2.45) is 5.73 Å². The molecule has 1 amide bonds. The van der Waals surface area contributed by atoms with E-state index in [2.05, 4.69) is 10.3 Å². The normalized spacial score (nSPS) is 11.5. The zero-order valence-electron chi connectivity index (χ0n) is 10.6. The number of amides is 1. The van der Waals surface area contributed by atoms with E-state index in [1.165, 1.54) is 0 Å². The van der Waals surface area contributed by atoms with Crippen LogP contribution in [0.25, 0.3) is 10.9 Å². The number of hydrogen-bond acceptors (Lipinski definition) is 3. The summed E-state index contributed by atoms with van der Waals surface area (Å²) in [6.07, 6.45) is 1.74. The Labute approximate surface area is 106 Å². The number of nitrogens with one attached hydrogen (secondary N) is 1. The van der Waals surface area contributed by atoms with Crippen LogP contribution < -0.4 is 11.1 Å². The van der Waals surface area contributed by atoms with Gasteiger partial charge in [-0.2, -0.15) is 0 Å². The summed E-state index contributed by atoms with van der Waals surface area (Å²) in [6, 6.07) is 9.25. The van der Waals surface area contributed by atoms with Gasteiger partial charge in [0.1, 0.15) is 0 Å². The monoisotopic (exact) mass is 243 g/mol. The van der Waals surface area contributed by atoms with Crippen molar-refractivity contribution in [3.63, 3.8) is 0 Å². The van der Waals surface area contributed by atoms with Crippen molar-refractivity contribution < 1.29 is 4.79 Å². The average Bonchev–Trinajstić information content (AvgIpc) is 2.37. The molecule has 1 aromatic carbocycles. The van der Waals surface area contributed by atoms with Crippen LogP contribution in [0.2, 0.25) is 0 Å². The quantitative estimate of drug-likeness (QED) is 0.862. The van der Waals surface area contributed by atoms with Crippen LogP contribution >= 0.6 is 0 Å². The molecular formula is C14H17N3O. The van der Waals surface area contributed by atoms with E-state index in [1.807, 2.05) is 38.1 Å². The van der Waals surface area contributed by atoms with E-state index in [0.717, 1.165) is 10.9 Å². The van der Waals surface area contributed by atoms with Crippen LogP contribution in [0.4, 0.5) is 0 Å². The van der Waals surface area contributed by atoms with Crippen molar-refractivity contribution in [3.05, 3.63) is 42.1 Å². The Bertz CT molecular complexity index is 578. The number of fused-ring (bicyclic) bond motifs is 1. The fourth-order valence-electron chi connectivity index (χ4n) is 1.65. The minimum Gasteiger partial charge on any atom is -0.346 e. The molecule has 0 bridgehead atoms. The molecule has 0 aliphatic heterocycles. The lowest BCUT2D eigenvalue weighted by Gasteiger charge is -2.24. The minimum absolute atomic E-state index is 0.115. The van der Waals surface area contributed by atoms with Gasteiger partial charge >= 0.3 is 0 Å². The van der Waals surface area contributed by atoms with Gasteiger partial charge in [-0.1, -0.05) is 6.07 Å². The van der Waals surface area contributed by atoms with Gasteiger partial charge in [0.05, 0.1) is 5.52 Å². The van der Waals surface area contributed by atoms with E-state index in [1.54, 1.807) is 12.3 Å². The van der Waals surface area contributed by atoms with Crippen molar-refractivity contribution in [3.8, 4) is 0 Å². The summed E-state index contributed by atoms with van der Waals surface area (Å²) in [4.78, 5) is 16.3. The molecule has 4 nitrogen and oxygen atoms in total. The molecule has 94 valence electrons. The number of pyridine rings is 1. The lowest BCUT2D eigenvalue weighted by Crippen LogP contribution is -2.48. The number of nitrogens with zero attached hydrogens (tertiary/aromatic N) is 1. The van der Waals surface area contributed by atoms with E-state index in [4.69, 9.17) is 5.73 Å². The molecule has 0 aliphatic carbocycles. The van der Waals surface area contributed by atoms with Gasteiger partial charge < -0.3 is 11.1 Å². The number of hydrogen-bond donors (Lipinski definition) is 2. The van der Waals surface area contributed by atoms with Gasteiger partial charge in [-0.15, -0.1) is 0 Å². The van der Waals surface area contributed by atoms with Gasteiger partial charge in [-0.25, -0.2) is 0 Å². The van der Waals surface area contributed by atoms with Crippen LogP contribution in [0.1, 0.15) is 24.2 Å². The molecule has 2 rings (SSSR count). The smallest absolute Gasteiger partial charge is 0.251 e. The lowest BCUT2D eigenvalue weighted by molar-refractivity contribution is 0.0916. The molecule has 0 unspecified atom stereocenters. The summed E-state index contributed by atoms with van der Waals surface area (Å²) in [5.74, 6) is -0.115. The maximum atomic E-state index is 12.1. The SMILES string of the molecule is CC(C)(CN)NC(=O)c1ccc2ncccc2c1. The molecule has 1 aromatic heterocycles. The average molecular weight is 243 g/mol. The zero-order valence-corrected chi connectivity index (χ0v) is 10.6. The van der Waals surface area contributed by atoms with E-state index in [0.29, 0.717) is 12.1 Å². The fourth-order valence-corrected chi connectivity index (χ4v) is 1.65. The van der Waals surface area contributed by atoms with Crippen molar-refractivity contribution in [1.29, 1.82) is 0 Å². The molecule has 0 spiro atoms. The van der Waals surface area contributed by atoms with Gasteiger partial charge in [-0.05, 0) is 38.1 Å². The summed E-state index contributed by atoms with van der Waals surface area (Å²) in [5, 5.41) is 3.86. The number of carbonyl (C=O) groups excluding carboxylic acids is 1. The lowest BCUT2D eigenvalue weighted by atomic mass is 10.0. The van der Waals surface area contributed by atoms with Crippen LogP contribution in [-0.2, 0) is 0 Å². The number of benzene rings is 1. The van der Waals surface area contributed by atoms with Crippen LogP contribution in [-0.4, -0.2) is 23.0 Å². The third-order valence-electron chi connectivity index (χ3n) is 2.83. The van der Waals surface area contributed by atoms with Crippen LogP contribution in [0.15, 0.2) is 36.5 Å². The molecular weight excluding hydrogens is 226 g/mol. The second kappa shape index (κ2) is 4.74. The molecule has 18 heavy (non-hydrogen) atoms. The first kappa shape index (κ1) is 12.5. The van der Waals surface area contributed by atoms with Gasteiger partial charge in [0.15, 0.2) is 0 Å². The van der Waals surface area contributed by atoms with Crippen LogP contribution in [0.3, 0.4) is 0 Å². The first-order valence-corrected chi connectivity index (χ1v) is 5.89. The van der Waals surface area contributed by atoms with E-state index in [9.17, 15) is 4.79 Å². The second-order valence-electron chi connectivity index (χ2n) is 4.95. The highest BCUT2D eigenvalue weighted by Gasteiger charge is 2.19. The number of carbonyl (C=O) groups is 1. The molecule has 0 saturated heterocycles. The highest BCUT2D eigenvalue weighted by Crippen LogP contribution is 2.14. The van der Waals surface area contributed by atoms with E-state index in [-0.39, 0.29) is 5.91 Å². The molecule has 0 fully saturated rings. The predicted molar refractivity (Wildman–Crippen MR) is 72.3 cm³/mol. The highest BCUT2D eigenvalue weighted by atomic mass is 16.1. The van der Waals surface area contributed by atoms with Crippen molar-refractivity contribution in [1.82, 2.24) is 10.3 Å². The fraction of sp³-hybridized carbons (Fsp3) is 0.286. The highest BCUT2D eigenvalue weighted by molar-refractivity contribution is 5.98. The Morgan fingerprint density at radius 2 is 2.17 bits per heavy atom. The molecule has 4 heteroatoms. The zero-order chi connectivity index (χ0) is 13.2. The Hall–Kier alpha value is -1.94. The molecule has 3 N–H and O–H groups in total. The number of rotatable bonds is 3. The maximum Gasteiger partial charge on any atom is 0.251 e. The Balaban J connectivity index is 2.28. The molecule has 0 radical (unpaired) electrons. The Morgan fingerprint density at radius 3 is 2.89 bits per heavy atom. The van der Waals surface area contributed by atoms with Crippen molar-refractivity contribution in [2.75, 3.05) is 6.54 Å². The summed E-state index contributed by atoms with van der Waals surface area (Å²) in [7, 11) is 0. The Morgan fingerprint density at radius 1 is 1.39 bits per heavy atom. The predicted octanol–water partition coefficient (Wildman–Crippen LogP) is 1.70. The molecule has 0 aliphatic rings. The van der Waals surface area contributed by atoms with E-state index >= 15 is 0 Å². The first-order valence-electron chi connectivity index (χ1n) is 5.89. The third kappa shape index (κ3) is 2.65. The Kier molecular flexibility index (Phi) is 3.30. The third-order valence-corrected chi connectivity index (χ3v) is 2.83. The van der Waals surface area contributed by atoms with Gasteiger partial charge in [0, 0.05) is 29.2 Å². The first-order chi connectivity index (χ1) is 8.52. The summed E-state index contributed by atoms with van der Waals surface area (Å²) in [5.41, 5.74) is 6.70. The van der Waals surface area contributed by atoms with Gasteiger partial charge in [0.25, 0.3) is 5.91 Å². The summed E-state index contributed by atoms with van der Waals surface area (Å²) >= 11 is 0. The standard InChI is InChI=1S/C14H17N3O/c1-14(2,9-15)17-13(18)11-5-6-12-10(8-11)4-3-7-16-12/h3-8H,9,15H2,1-2H3,(H,17,18). The summed E-state index contributed by atoms with van der Waals surface area (Å²) in [6.45, 7) is 4.19. The molecule has 1 heterocycles. The number of nitrogens with two attached hydrogens (primary N) is 1. The van der Waals surface area contributed by atoms with Crippen LogP contribution in [0.5, 0.6) is 0 Å². The van der Waals surface area contributed by atoms with Gasteiger partial charge in [-0.3, -0.25) is 9.78 Å². The van der Waals surface area contributed by atoms with Crippen LogP contribution in [0, 0.1) is 0 Å². The second-order valence-corrected chi connectivity index (χ2v) is 4.95. The maximum absolute atomic E-state index is 12.1. The molecule has 0 atom stereocenters. The minimum atomic E-state index is -0.402. The molecule has 2 aromatic rings. The van der Waals surface area contributed by atoms with Gasteiger partial charge in [0.2, 0.25) is 0 Å². The summed E-state index contributed by atoms with van der Waals surface area (Å²) < 4.78 is 0. The van der Waals surface area contributed by atoms with E-state index < -0.39 is 5.54 Å². The number of aromatic nitrogens is 1.